The van der Waals surface area contributed by atoms with Gasteiger partial charge in [-0.3, -0.25) is 4.90 Å². The molecule has 0 spiro atoms. The molecule has 3 aliphatic heterocycles. The lowest BCUT2D eigenvalue weighted by Gasteiger charge is -2.48. The maximum absolute atomic E-state index is 13.2. The van der Waals surface area contributed by atoms with Gasteiger partial charge in [-0.2, -0.15) is 0 Å². The summed E-state index contributed by atoms with van der Waals surface area (Å²) >= 11 is 0. The summed E-state index contributed by atoms with van der Waals surface area (Å²) in [6.45, 7) is 13.9. The maximum atomic E-state index is 13.2. The zero-order chi connectivity index (χ0) is 25.3. The first kappa shape index (κ1) is 26.1. The van der Waals surface area contributed by atoms with Crippen LogP contribution >= 0.6 is 0 Å². The topological polar surface area (TPSA) is 54.5 Å². The first-order chi connectivity index (χ1) is 16.6. The largest absolute Gasteiger partial charge is 0.493 e. The predicted octanol–water partition coefficient (Wildman–Crippen LogP) is 4.45. The van der Waals surface area contributed by atoms with Crippen molar-refractivity contribution in [1.82, 2.24) is 14.7 Å². The van der Waals surface area contributed by atoms with Crippen LogP contribution in [0.25, 0.3) is 0 Å². The highest BCUT2D eigenvalue weighted by atomic mass is 16.6. The highest BCUT2D eigenvalue weighted by Gasteiger charge is 2.41. The number of nitrogens with zero attached hydrogens (tertiary/aromatic N) is 3. The van der Waals surface area contributed by atoms with Crippen molar-refractivity contribution in [3.8, 4) is 11.5 Å². The van der Waals surface area contributed by atoms with Gasteiger partial charge in [0.1, 0.15) is 0 Å². The van der Waals surface area contributed by atoms with Gasteiger partial charge in [0.25, 0.3) is 0 Å². The van der Waals surface area contributed by atoms with E-state index in [4.69, 9.17) is 14.2 Å². The molecule has 4 rings (SSSR count). The van der Waals surface area contributed by atoms with E-state index in [0.717, 1.165) is 56.9 Å². The lowest BCUT2D eigenvalue weighted by atomic mass is 9.74. The Morgan fingerprint density at radius 2 is 1.80 bits per heavy atom. The smallest absolute Gasteiger partial charge is 0.410 e. The minimum atomic E-state index is -0.220. The molecule has 0 unspecified atom stereocenters. The van der Waals surface area contributed by atoms with Gasteiger partial charge < -0.3 is 24.0 Å². The molecule has 1 amide bonds. The van der Waals surface area contributed by atoms with E-state index < -0.39 is 0 Å². The van der Waals surface area contributed by atoms with Crippen LogP contribution in [0.15, 0.2) is 12.1 Å². The summed E-state index contributed by atoms with van der Waals surface area (Å²) in [6.07, 6.45) is 3.02. The van der Waals surface area contributed by atoms with Crippen LogP contribution < -0.4 is 9.47 Å². The van der Waals surface area contributed by atoms with Gasteiger partial charge in [-0.25, -0.2) is 4.79 Å². The number of amides is 1. The summed E-state index contributed by atoms with van der Waals surface area (Å²) in [6, 6.07) is 4.64. The number of hydrogen-bond donors (Lipinski definition) is 0. The van der Waals surface area contributed by atoms with Crippen LogP contribution in [0.3, 0.4) is 0 Å². The summed E-state index contributed by atoms with van der Waals surface area (Å²) in [4.78, 5) is 20.0. The van der Waals surface area contributed by atoms with Crippen molar-refractivity contribution >= 4 is 6.09 Å². The summed E-state index contributed by atoms with van der Waals surface area (Å²) in [5, 5.41) is 0. The molecule has 7 heteroatoms. The van der Waals surface area contributed by atoms with E-state index in [1.165, 1.54) is 11.1 Å². The van der Waals surface area contributed by atoms with Gasteiger partial charge in [0.05, 0.1) is 26.4 Å². The minimum absolute atomic E-state index is 0.163. The summed E-state index contributed by atoms with van der Waals surface area (Å²) < 4.78 is 17.3. The molecule has 0 N–H and O–H groups in total. The Bertz CT molecular complexity index is 902. The van der Waals surface area contributed by atoms with Crippen molar-refractivity contribution in [2.45, 2.75) is 58.5 Å². The van der Waals surface area contributed by atoms with Crippen molar-refractivity contribution < 1.29 is 19.0 Å². The van der Waals surface area contributed by atoms with Crippen molar-refractivity contribution in [3.05, 3.63) is 23.3 Å². The Morgan fingerprint density at radius 3 is 2.46 bits per heavy atom. The molecule has 3 atom stereocenters. The second-order valence-electron chi connectivity index (χ2n) is 11.8. The van der Waals surface area contributed by atoms with E-state index in [1.807, 2.05) is 4.90 Å². The molecule has 196 valence electrons. The van der Waals surface area contributed by atoms with E-state index in [0.29, 0.717) is 36.9 Å². The zero-order valence-electron chi connectivity index (χ0n) is 22.8. The van der Waals surface area contributed by atoms with Crippen LogP contribution in [0, 0.1) is 17.8 Å². The third-order valence-corrected chi connectivity index (χ3v) is 8.28. The lowest BCUT2D eigenvalue weighted by molar-refractivity contribution is -0.0142. The van der Waals surface area contributed by atoms with Crippen molar-refractivity contribution in [2.75, 3.05) is 60.6 Å². The third kappa shape index (κ3) is 5.56. The number of methoxy groups -OCH3 is 2. The fourth-order valence-electron chi connectivity index (χ4n) is 6.57. The third-order valence-electron chi connectivity index (χ3n) is 8.28. The molecule has 0 aliphatic carbocycles. The van der Waals surface area contributed by atoms with Crippen molar-refractivity contribution in [3.63, 3.8) is 0 Å². The SMILES string of the molecule is COc1cc2c(cc1OC)[C@H]1C[C@@H](COC(=O)N3CCN(C)CC3(C)C)[C@H](CC(C)C)CN1CC2. The Balaban J connectivity index is 1.51. The predicted molar refractivity (Wildman–Crippen MR) is 138 cm³/mol. The number of rotatable bonds is 6. The van der Waals surface area contributed by atoms with E-state index in [1.54, 1.807) is 14.2 Å². The van der Waals surface area contributed by atoms with E-state index >= 15 is 0 Å². The molecule has 35 heavy (non-hydrogen) atoms. The average Bonchev–Trinajstić information content (AvgIpc) is 2.80. The van der Waals surface area contributed by atoms with E-state index in [2.05, 4.69) is 56.7 Å². The standard InChI is InChI=1S/C28H45N3O4/c1-19(2)12-21-16-30-9-8-20-14-25(33-6)26(34-7)15-23(20)24(30)13-22(21)17-35-27(32)31-11-10-29(5)18-28(31,3)4/h14-15,19,21-22,24H,8-13,16-18H2,1-7H3/t21-,22+,24-/m1/s1. The van der Waals surface area contributed by atoms with Gasteiger partial charge in [0.2, 0.25) is 0 Å². The number of likely N-dealkylation sites (N-methyl/N-ethyl adjacent to an activating group) is 1. The summed E-state index contributed by atoms with van der Waals surface area (Å²) in [7, 11) is 5.51. The number of fused-ring (bicyclic) bond motifs is 3. The van der Waals surface area contributed by atoms with Crippen LogP contribution in [-0.2, 0) is 11.2 Å². The van der Waals surface area contributed by atoms with Crippen molar-refractivity contribution in [1.29, 1.82) is 0 Å². The quantitative estimate of drug-likeness (QED) is 0.591. The monoisotopic (exact) mass is 487 g/mol. The van der Waals surface area contributed by atoms with Crippen LogP contribution in [-0.4, -0.2) is 86.9 Å². The van der Waals surface area contributed by atoms with Gasteiger partial charge >= 0.3 is 6.09 Å². The van der Waals surface area contributed by atoms with Crippen LogP contribution in [0.4, 0.5) is 4.79 Å². The minimum Gasteiger partial charge on any atom is -0.493 e. The second-order valence-corrected chi connectivity index (χ2v) is 11.8. The molecule has 3 aliphatic rings. The van der Waals surface area contributed by atoms with Crippen molar-refractivity contribution in [2.24, 2.45) is 17.8 Å². The Hall–Kier alpha value is -1.99. The molecular weight excluding hydrogens is 442 g/mol. The number of benzene rings is 1. The molecular formula is C28H45N3O4. The number of carbonyl (C=O) groups excluding carboxylic acids is 1. The Kier molecular flexibility index (Phi) is 7.86. The fourth-order valence-corrected chi connectivity index (χ4v) is 6.57. The van der Waals surface area contributed by atoms with Crippen LogP contribution in [0.2, 0.25) is 0 Å². The van der Waals surface area contributed by atoms with Crippen LogP contribution in [0.5, 0.6) is 11.5 Å². The van der Waals surface area contributed by atoms with Gasteiger partial charge in [-0.15, -0.1) is 0 Å². The molecule has 7 nitrogen and oxygen atoms in total. The molecule has 1 aromatic carbocycles. The van der Waals surface area contributed by atoms with Gasteiger partial charge in [-0.1, -0.05) is 13.8 Å². The number of carbonyl (C=O) groups is 1. The van der Waals surface area contributed by atoms with Gasteiger partial charge in [0.15, 0.2) is 11.5 Å². The highest BCUT2D eigenvalue weighted by molar-refractivity contribution is 5.69. The molecule has 0 saturated carbocycles. The highest BCUT2D eigenvalue weighted by Crippen LogP contribution is 2.45. The number of ether oxygens (including phenoxy) is 3. The molecule has 2 saturated heterocycles. The Morgan fingerprint density at radius 1 is 1.09 bits per heavy atom. The maximum Gasteiger partial charge on any atom is 0.410 e. The summed E-state index contributed by atoms with van der Waals surface area (Å²) in [5.41, 5.74) is 2.47. The van der Waals surface area contributed by atoms with E-state index in [-0.39, 0.29) is 11.6 Å². The number of hydrogen-bond acceptors (Lipinski definition) is 6. The lowest BCUT2D eigenvalue weighted by Crippen LogP contribution is -2.60. The van der Waals surface area contributed by atoms with Gasteiger partial charge in [0, 0.05) is 38.8 Å². The first-order valence-electron chi connectivity index (χ1n) is 13.2. The zero-order valence-corrected chi connectivity index (χ0v) is 22.8. The second kappa shape index (κ2) is 10.6. The van der Waals surface area contributed by atoms with Gasteiger partial charge in [-0.05, 0) is 81.2 Å². The van der Waals surface area contributed by atoms with E-state index in [9.17, 15) is 4.79 Å². The summed E-state index contributed by atoms with van der Waals surface area (Å²) in [5.74, 6) is 3.08. The molecule has 2 fully saturated rings. The molecule has 1 aromatic rings. The molecule has 0 aromatic heterocycles. The number of piperidine rings is 1. The first-order valence-corrected chi connectivity index (χ1v) is 13.2. The molecule has 3 heterocycles. The fraction of sp³-hybridized carbons (Fsp3) is 0.750. The number of piperazine rings is 1. The Labute approximate surface area is 211 Å². The average molecular weight is 488 g/mol. The molecule has 0 bridgehead atoms. The van der Waals surface area contributed by atoms with Crippen LogP contribution in [0.1, 0.15) is 57.7 Å². The molecule has 0 radical (unpaired) electrons. The normalized spacial score (nSPS) is 26.7.